The van der Waals surface area contributed by atoms with Gasteiger partial charge >= 0.3 is 6.03 Å². The van der Waals surface area contributed by atoms with E-state index in [0.29, 0.717) is 19.6 Å². The fourth-order valence-electron chi connectivity index (χ4n) is 1.49. The van der Waals surface area contributed by atoms with E-state index in [4.69, 9.17) is 0 Å². The first-order chi connectivity index (χ1) is 9.00. The SMILES string of the molecule is CN(C)C(=O)NCCNCC(O)c1cccc(Br)c1. The van der Waals surface area contributed by atoms with Gasteiger partial charge in [0.05, 0.1) is 6.10 Å². The van der Waals surface area contributed by atoms with Gasteiger partial charge < -0.3 is 20.6 Å². The van der Waals surface area contributed by atoms with Crippen molar-refractivity contribution in [1.82, 2.24) is 15.5 Å². The number of aliphatic hydroxyl groups excluding tert-OH is 1. The highest BCUT2D eigenvalue weighted by Crippen LogP contribution is 2.17. The summed E-state index contributed by atoms with van der Waals surface area (Å²) in [6.07, 6.45) is -0.554. The molecule has 0 heterocycles. The summed E-state index contributed by atoms with van der Waals surface area (Å²) in [7, 11) is 3.39. The first kappa shape index (κ1) is 15.9. The van der Waals surface area contributed by atoms with Crippen LogP contribution in [0.25, 0.3) is 0 Å². The lowest BCUT2D eigenvalue weighted by molar-refractivity contribution is 0.175. The number of carbonyl (C=O) groups is 1. The molecule has 1 rings (SSSR count). The van der Waals surface area contributed by atoms with Crippen LogP contribution in [0.2, 0.25) is 0 Å². The highest BCUT2D eigenvalue weighted by molar-refractivity contribution is 9.10. The molecule has 1 aromatic rings. The molecule has 1 atom stereocenters. The average molecular weight is 330 g/mol. The van der Waals surface area contributed by atoms with Crippen LogP contribution in [0, 0.1) is 0 Å². The molecule has 19 heavy (non-hydrogen) atoms. The molecule has 3 N–H and O–H groups in total. The van der Waals surface area contributed by atoms with Crippen LogP contribution in [0.1, 0.15) is 11.7 Å². The fourth-order valence-corrected chi connectivity index (χ4v) is 1.90. The number of hydrogen-bond donors (Lipinski definition) is 3. The summed E-state index contributed by atoms with van der Waals surface area (Å²) in [5, 5.41) is 15.8. The Kier molecular flexibility index (Phi) is 6.83. The zero-order valence-electron chi connectivity index (χ0n) is 11.2. The van der Waals surface area contributed by atoms with Crippen molar-refractivity contribution in [3.05, 3.63) is 34.3 Å². The van der Waals surface area contributed by atoms with Crippen molar-refractivity contribution in [2.24, 2.45) is 0 Å². The van der Waals surface area contributed by atoms with Crippen molar-refractivity contribution >= 4 is 22.0 Å². The molecule has 0 spiro atoms. The van der Waals surface area contributed by atoms with E-state index in [0.717, 1.165) is 10.0 Å². The van der Waals surface area contributed by atoms with E-state index in [1.54, 1.807) is 14.1 Å². The smallest absolute Gasteiger partial charge is 0.316 e. The number of rotatable bonds is 6. The van der Waals surface area contributed by atoms with Gasteiger partial charge in [-0.05, 0) is 17.7 Å². The van der Waals surface area contributed by atoms with E-state index in [9.17, 15) is 9.90 Å². The number of nitrogens with zero attached hydrogens (tertiary/aromatic N) is 1. The molecular formula is C13H20BrN3O2. The van der Waals surface area contributed by atoms with E-state index in [1.165, 1.54) is 4.90 Å². The normalized spacial score (nSPS) is 12.0. The maximum absolute atomic E-state index is 11.2. The minimum atomic E-state index is -0.554. The second-order valence-electron chi connectivity index (χ2n) is 4.40. The summed E-state index contributed by atoms with van der Waals surface area (Å²) in [6.45, 7) is 1.60. The third-order valence-corrected chi connectivity index (χ3v) is 3.05. The van der Waals surface area contributed by atoms with Crippen molar-refractivity contribution in [3.63, 3.8) is 0 Å². The zero-order valence-corrected chi connectivity index (χ0v) is 12.8. The Balaban J connectivity index is 2.21. The number of benzene rings is 1. The monoisotopic (exact) mass is 329 g/mol. The van der Waals surface area contributed by atoms with Crippen LogP contribution >= 0.6 is 15.9 Å². The minimum absolute atomic E-state index is 0.116. The Labute approximate surface area is 122 Å². The summed E-state index contributed by atoms with van der Waals surface area (Å²) < 4.78 is 0.947. The van der Waals surface area contributed by atoms with Gasteiger partial charge in [-0.15, -0.1) is 0 Å². The molecule has 0 aliphatic heterocycles. The van der Waals surface area contributed by atoms with Crippen LogP contribution in [0.5, 0.6) is 0 Å². The maximum Gasteiger partial charge on any atom is 0.316 e. The molecule has 0 fully saturated rings. The van der Waals surface area contributed by atoms with E-state index >= 15 is 0 Å². The number of nitrogens with one attached hydrogen (secondary N) is 2. The van der Waals surface area contributed by atoms with E-state index < -0.39 is 6.10 Å². The Bertz CT molecular complexity index is 413. The van der Waals surface area contributed by atoms with Gasteiger partial charge in [0.15, 0.2) is 0 Å². The van der Waals surface area contributed by atoms with Gasteiger partial charge in [0.1, 0.15) is 0 Å². The number of aliphatic hydroxyl groups is 1. The van der Waals surface area contributed by atoms with E-state index in [1.807, 2.05) is 24.3 Å². The first-order valence-corrected chi connectivity index (χ1v) is 6.89. The Morgan fingerprint density at radius 3 is 2.79 bits per heavy atom. The highest BCUT2D eigenvalue weighted by atomic mass is 79.9. The molecule has 2 amide bonds. The first-order valence-electron chi connectivity index (χ1n) is 6.10. The van der Waals surface area contributed by atoms with E-state index in [2.05, 4.69) is 26.6 Å². The molecule has 6 heteroatoms. The quantitative estimate of drug-likeness (QED) is 0.690. The number of hydrogen-bond acceptors (Lipinski definition) is 3. The van der Waals surface area contributed by atoms with Gasteiger partial charge in [-0.1, -0.05) is 28.1 Å². The van der Waals surface area contributed by atoms with Crippen LogP contribution in [-0.4, -0.2) is 49.8 Å². The summed E-state index contributed by atoms with van der Waals surface area (Å²) in [4.78, 5) is 12.7. The predicted molar refractivity (Wildman–Crippen MR) is 79.1 cm³/mol. The average Bonchev–Trinajstić information content (AvgIpc) is 2.37. The molecule has 0 bridgehead atoms. The molecule has 1 aromatic carbocycles. The van der Waals surface area contributed by atoms with Crippen molar-refractivity contribution in [1.29, 1.82) is 0 Å². The molecular weight excluding hydrogens is 310 g/mol. The Morgan fingerprint density at radius 2 is 2.16 bits per heavy atom. The highest BCUT2D eigenvalue weighted by Gasteiger charge is 2.07. The van der Waals surface area contributed by atoms with Crippen LogP contribution in [-0.2, 0) is 0 Å². The Morgan fingerprint density at radius 1 is 1.42 bits per heavy atom. The molecule has 5 nitrogen and oxygen atoms in total. The molecule has 0 aromatic heterocycles. The van der Waals surface area contributed by atoms with Gasteiger partial charge in [-0.3, -0.25) is 0 Å². The number of amides is 2. The lowest BCUT2D eigenvalue weighted by atomic mass is 10.1. The molecule has 106 valence electrons. The van der Waals surface area contributed by atoms with Gasteiger partial charge in [-0.2, -0.15) is 0 Å². The van der Waals surface area contributed by atoms with Crippen LogP contribution < -0.4 is 10.6 Å². The number of urea groups is 1. The lowest BCUT2D eigenvalue weighted by Crippen LogP contribution is -2.39. The maximum atomic E-state index is 11.2. The van der Waals surface area contributed by atoms with Crippen molar-refractivity contribution in [2.45, 2.75) is 6.10 Å². The van der Waals surface area contributed by atoms with Crippen molar-refractivity contribution < 1.29 is 9.90 Å². The van der Waals surface area contributed by atoms with Crippen LogP contribution in [0.4, 0.5) is 4.79 Å². The van der Waals surface area contributed by atoms with Gasteiger partial charge in [-0.25, -0.2) is 4.79 Å². The second kappa shape index (κ2) is 8.14. The number of halogens is 1. The second-order valence-corrected chi connectivity index (χ2v) is 5.32. The molecule has 0 aliphatic rings. The summed E-state index contributed by atoms with van der Waals surface area (Å²) >= 11 is 3.37. The van der Waals surface area contributed by atoms with Crippen molar-refractivity contribution in [2.75, 3.05) is 33.7 Å². The molecule has 1 unspecified atom stereocenters. The van der Waals surface area contributed by atoms with Gasteiger partial charge in [0.25, 0.3) is 0 Å². The molecule has 0 saturated carbocycles. The Hall–Kier alpha value is -1.11. The molecule has 0 saturated heterocycles. The van der Waals surface area contributed by atoms with Gasteiger partial charge in [0, 0.05) is 38.2 Å². The zero-order chi connectivity index (χ0) is 14.3. The fraction of sp³-hybridized carbons (Fsp3) is 0.462. The van der Waals surface area contributed by atoms with Gasteiger partial charge in [0.2, 0.25) is 0 Å². The predicted octanol–water partition coefficient (Wildman–Crippen LogP) is 1.34. The molecule has 0 radical (unpaired) electrons. The third-order valence-electron chi connectivity index (χ3n) is 2.56. The lowest BCUT2D eigenvalue weighted by Gasteiger charge is -2.14. The molecule has 0 aliphatic carbocycles. The largest absolute Gasteiger partial charge is 0.387 e. The van der Waals surface area contributed by atoms with Crippen molar-refractivity contribution in [3.8, 4) is 0 Å². The summed E-state index contributed by atoms with van der Waals surface area (Å²) in [5.41, 5.74) is 0.860. The van der Waals surface area contributed by atoms with E-state index in [-0.39, 0.29) is 6.03 Å². The van der Waals surface area contributed by atoms with Crippen LogP contribution in [0.3, 0.4) is 0 Å². The number of carbonyl (C=O) groups excluding carboxylic acids is 1. The van der Waals surface area contributed by atoms with Crippen LogP contribution in [0.15, 0.2) is 28.7 Å². The third kappa shape index (κ3) is 6.04. The minimum Gasteiger partial charge on any atom is -0.387 e. The summed E-state index contributed by atoms with van der Waals surface area (Å²) in [5.74, 6) is 0. The summed E-state index contributed by atoms with van der Waals surface area (Å²) in [6, 6.07) is 7.46. The standard InChI is InChI=1S/C13H20BrN3O2/c1-17(2)13(19)16-7-6-15-9-12(18)10-4-3-5-11(14)8-10/h3-5,8,12,15,18H,6-7,9H2,1-2H3,(H,16,19). The topological polar surface area (TPSA) is 64.6 Å².